The lowest BCUT2D eigenvalue weighted by Crippen LogP contribution is -2.13. The number of carbonyl (C=O) groups is 1. The Morgan fingerprint density at radius 3 is 2.85 bits per heavy atom. The molecule has 8 nitrogen and oxygen atoms in total. The molecule has 0 fully saturated rings. The molecule has 1 amide bonds. The average molecular weight is 380 g/mol. The number of carbonyl (C=O) groups excluding carboxylic acids is 1. The number of aromatic nitrogens is 5. The molecule has 4 rings (SSSR count). The number of fused-ring (bicyclic) bond motifs is 1. The zero-order valence-corrected chi connectivity index (χ0v) is 15.7. The van der Waals surface area contributed by atoms with Gasteiger partial charge >= 0.3 is 0 Å². The van der Waals surface area contributed by atoms with E-state index in [1.165, 1.54) is 7.11 Å². The van der Waals surface area contributed by atoms with Gasteiger partial charge in [0.2, 0.25) is 5.13 Å². The van der Waals surface area contributed by atoms with E-state index in [-0.39, 0.29) is 5.91 Å². The first-order valence-corrected chi connectivity index (χ1v) is 8.94. The molecule has 3 aromatic heterocycles. The van der Waals surface area contributed by atoms with Gasteiger partial charge in [0.25, 0.3) is 11.1 Å². The molecule has 0 radical (unpaired) electrons. The van der Waals surface area contributed by atoms with Gasteiger partial charge in [-0.2, -0.15) is 5.10 Å². The monoisotopic (exact) mass is 380 g/mol. The van der Waals surface area contributed by atoms with Crippen molar-refractivity contribution in [1.82, 2.24) is 25.0 Å². The first kappa shape index (κ1) is 17.1. The number of nitrogens with one attached hydrogen (secondary N) is 1. The Kier molecular flexibility index (Phi) is 4.28. The van der Waals surface area contributed by atoms with E-state index in [4.69, 9.17) is 4.74 Å². The third-order valence-electron chi connectivity index (χ3n) is 4.14. The van der Waals surface area contributed by atoms with Crippen molar-refractivity contribution in [3.63, 3.8) is 0 Å². The highest BCUT2D eigenvalue weighted by atomic mass is 32.1. The summed E-state index contributed by atoms with van der Waals surface area (Å²) in [4.78, 5) is 17.1. The topological polar surface area (TPSA) is 94.8 Å². The molecule has 136 valence electrons. The van der Waals surface area contributed by atoms with Gasteiger partial charge in [-0.3, -0.25) is 19.8 Å². The zero-order chi connectivity index (χ0) is 19.0. The van der Waals surface area contributed by atoms with Crippen LogP contribution in [0.4, 0.5) is 5.13 Å². The van der Waals surface area contributed by atoms with Gasteiger partial charge in [0, 0.05) is 24.3 Å². The van der Waals surface area contributed by atoms with Crippen LogP contribution in [0.3, 0.4) is 0 Å². The number of hydrogen-bond donors (Lipinski definition) is 1. The summed E-state index contributed by atoms with van der Waals surface area (Å²) in [6.07, 6.45) is 3.38. The van der Waals surface area contributed by atoms with Crippen LogP contribution in [-0.2, 0) is 7.05 Å². The predicted molar refractivity (Wildman–Crippen MR) is 103 cm³/mol. The molecule has 0 aliphatic carbocycles. The van der Waals surface area contributed by atoms with E-state index in [2.05, 4.69) is 25.6 Å². The molecule has 9 heteroatoms. The van der Waals surface area contributed by atoms with Crippen LogP contribution in [0.25, 0.3) is 22.0 Å². The summed E-state index contributed by atoms with van der Waals surface area (Å²) in [5, 5.41) is 16.5. The molecule has 0 atom stereocenters. The molecule has 27 heavy (non-hydrogen) atoms. The number of amides is 1. The molecule has 0 spiro atoms. The van der Waals surface area contributed by atoms with Gasteiger partial charge in [0.15, 0.2) is 0 Å². The highest BCUT2D eigenvalue weighted by Gasteiger charge is 2.17. The standard InChI is InChI=1S/C18H16N6O2S/c1-10-6-13(11-4-5-15-12(7-11)8-20-24(15)2)14(9-19-10)16(25)21-17-22-23-18(26-3)27-17/h4-9H,1-3H3,(H,21,22,25). The van der Waals surface area contributed by atoms with E-state index in [9.17, 15) is 4.79 Å². The SMILES string of the molecule is COc1nnc(NC(=O)c2cnc(C)cc2-c2ccc3c(cnn3C)c2)s1. The van der Waals surface area contributed by atoms with Crippen molar-refractivity contribution in [1.29, 1.82) is 0 Å². The van der Waals surface area contributed by atoms with Gasteiger partial charge in [-0.05, 0) is 47.6 Å². The molecular weight excluding hydrogens is 364 g/mol. The Bertz CT molecular complexity index is 1150. The third-order valence-corrected chi connectivity index (χ3v) is 4.94. The summed E-state index contributed by atoms with van der Waals surface area (Å²) in [6.45, 7) is 1.89. The van der Waals surface area contributed by atoms with Crippen molar-refractivity contribution in [2.75, 3.05) is 12.4 Å². The van der Waals surface area contributed by atoms with E-state index < -0.39 is 0 Å². The number of benzene rings is 1. The smallest absolute Gasteiger partial charge is 0.295 e. The number of hydrogen-bond acceptors (Lipinski definition) is 7. The van der Waals surface area contributed by atoms with Gasteiger partial charge in [-0.1, -0.05) is 11.2 Å². The number of anilines is 1. The second-order valence-electron chi connectivity index (χ2n) is 5.94. The highest BCUT2D eigenvalue weighted by Crippen LogP contribution is 2.29. The number of rotatable bonds is 4. The minimum absolute atomic E-state index is 0.303. The van der Waals surface area contributed by atoms with Crippen LogP contribution < -0.4 is 10.1 Å². The van der Waals surface area contributed by atoms with Crippen molar-refractivity contribution < 1.29 is 9.53 Å². The maximum atomic E-state index is 12.8. The summed E-state index contributed by atoms with van der Waals surface area (Å²) in [6, 6.07) is 7.88. The molecule has 4 aromatic rings. The second-order valence-corrected chi connectivity index (χ2v) is 6.88. The molecular formula is C18H16N6O2S. The summed E-state index contributed by atoms with van der Waals surface area (Å²) in [5.74, 6) is -0.303. The van der Waals surface area contributed by atoms with Crippen molar-refractivity contribution in [2.45, 2.75) is 6.92 Å². The molecule has 0 aliphatic rings. The molecule has 3 heterocycles. The fraction of sp³-hybridized carbons (Fsp3) is 0.167. The van der Waals surface area contributed by atoms with Crippen LogP contribution in [0.2, 0.25) is 0 Å². The molecule has 0 aliphatic heterocycles. The normalized spacial score (nSPS) is 10.9. The summed E-state index contributed by atoms with van der Waals surface area (Å²) >= 11 is 1.16. The van der Waals surface area contributed by atoms with E-state index in [0.29, 0.717) is 15.9 Å². The van der Waals surface area contributed by atoms with Crippen molar-refractivity contribution in [2.24, 2.45) is 7.05 Å². The minimum Gasteiger partial charge on any atom is -0.472 e. The fourth-order valence-electron chi connectivity index (χ4n) is 2.82. The Labute approximate surface area is 158 Å². The Hall–Kier alpha value is -3.33. The third kappa shape index (κ3) is 3.24. The van der Waals surface area contributed by atoms with E-state index in [1.54, 1.807) is 12.4 Å². The summed E-state index contributed by atoms with van der Waals surface area (Å²) < 4.78 is 6.82. The molecule has 1 N–H and O–H groups in total. The summed E-state index contributed by atoms with van der Waals surface area (Å²) in [7, 11) is 3.40. The summed E-state index contributed by atoms with van der Waals surface area (Å²) in [5.41, 5.74) is 4.02. The maximum Gasteiger partial charge on any atom is 0.295 e. The number of ether oxygens (including phenoxy) is 1. The van der Waals surface area contributed by atoms with E-state index >= 15 is 0 Å². The van der Waals surface area contributed by atoms with Gasteiger partial charge in [-0.25, -0.2) is 0 Å². The van der Waals surface area contributed by atoms with Crippen molar-refractivity contribution in [3.8, 4) is 16.3 Å². The van der Waals surface area contributed by atoms with Gasteiger partial charge in [0.1, 0.15) is 0 Å². The number of nitrogens with zero attached hydrogens (tertiary/aromatic N) is 5. The molecule has 0 saturated carbocycles. The zero-order valence-electron chi connectivity index (χ0n) is 14.9. The number of pyridine rings is 1. The van der Waals surface area contributed by atoms with Crippen LogP contribution in [0.1, 0.15) is 16.1 Å². The second kappa shape index (κ2) is 6.76. The van der Waals surface area contributed by atoms with Gasteiger partial charge in [0.05, 0.1) is 24.4 Å². The first-order chi connectivity index (χ1) is 13.0. The van der Waals surface area contributed by atoms with Crippen LogP contribution in [0, 0.1) is 6.92 Å². The van der Waals surface area contributed by atoms with Crippen molar-refractivity contribution >= 4 is 33.3 Å². The van der Waals surface area contributed by atoms with Crippen molar-refractivity contribution in [3.05, 3.63) is 47.9 Å². The fourth-order valence-corrected chi connectivity index (χ4v) is 3.37. The van der Waals surface area contributed by atoms with Crippen LogP contribution in [0.15, 0.2) is 36.7 Å². The van der Waals surface area contributed by atoms with Crippen LogP contribution >= 0.6 is 11.3 Å². The highest BCUT2D eigenvalue weighted by molar-refractivity contribution is 7.17. The molecule has 0 unspecified atom stereocenters. The lowest BCUT2D eigenvalue weighted by Gasteiger charge is -2.10. The molecule has 0 saturated heterocycles. The first-order valence-electron chi connectivity index (χ1n) is 8.13. The van der Waals surface area contributed by atoms with Gasteiger partial charge < -0.3 is 4.74 Å². The Balaban J connectivity index is 1.73. The van der Waals surface area contributed by atoms with E-state index in [1.807, 2.05) is 42.9 Å². The largest absolute Gasteiger partial charge is 0.472 e. The lowest BCUT2D eigenvalue weighted by atomic mass is 9.99. The van der Waals surface area contributed by atoms with Crippen LogP contribution in [0.5, 0.6) is 5.19 Å². The number of methoxy groups -OCH3 is 1. The van der Waals surface area contributed by atoms with Gasteiger partial charge in [-0.15, -0.1) is 5.10 Å². The molecule has 1 aromatic carbocycles. The quantitative estimate of drug-likeness (QED) is 0.585. The predicted octanol–water partition coefficient (Wildman–Crippen LogP) is 3.06. The van der Waals surface area contributed by atoms with E-state index in [0.717, 1.165) is 39.1 Å². The average Bonchev–Trinajstić information content (AvgIpc) is 3.28. The lowest BCUT2D eigenvalue weighted by molar-refractivity contribution is 0.102. The Morgan fingerprint density at radius 1 is 1.22 bits per heavy atom. The minimum atomic E-state index is -0.303. The van der Waals surface area contributed by atoms with Crippen LogP contribution in [-0.4, -0.2) is 38.0 Å². The molecule has 0 bridgehead atoms. The number of aryl methyl sites for hydroxylation is 2. The maximum absolute atomic E-state index is 12.8. The Morgan fingerprint density at radius 2 is 2.07 bits per heavy atom.